The number of fused-ring (bicyclic) bond motifs is 2. The fraction of sp³-hybridized carbons (Fsp3) is 0.125. The van der Waals surface area contributed by atoms with Crippen molar-refractivity contribution >= 4 is 12.6 Å². The third-order valence-corrected chi connectivity index (χ3v) is 3.07. The second-order valence-corrected chi connectivity index (χ2v) is 4.46. The zero-order chi connectivity index (χ0) is 15.4. The third-order valence-electron chi connectivity index (χ3n) is 3.07. The molecule has 0 spiro atoms. The van der Waals surface area contributed by atoms with Crippen LogP contribution in [0.1, 0.15) is 20.7 Å². The molecule has 2 aliphatic rings. The van der Waals surface area contributed by atoms with Crippen LogP contribution >= 0.6 is 0 Å². The van der Waals surface area contributed by atoms with Gasteiger partial charge in [-0.15, -0.1) is 0 Å². The van der Waals surface area contributed by atoms with Gasteiger partial charge in [-0.1, -0.05) is 0 Å². The van der Waals surface area contributed by atoms with Gasteiger partial charge in [0.1, 0.15) is 12.6 Å². The van der Waals surface area contributed by atoms with E-state index in [-0.39, 0.29) is 13.6 Å². The van der Waals surface area contributed by atoms with Crippen LogP contribution in [0, 0.1) is 0 Å². The minimum atomic E-state index is 0.248. The van der Waals surface area contributed by atoms with Crippen LogP contribution in [0.4, 0.5) is 0 Å². The fourth-order valence-corrected chi connectivity index (χ4v) is 1.97. The van der Waals surface area contributed by atoms with Crippen molar-refractivity contribution in [3.63, 3.8) is 0 Å². The summed E-state index contributed by atoms with van der Waals surface area (Å²) in [5.74, 6) is 2.70. The highest BCUT2D eigenvalue weighted by Crippen LogP contribution is 2.32. The Hall–Kier alpha value is -3.02. The van der Waals surface area contributed by atoms with Gasteiger partial charge in [-0.25, -0.2) is 0 Å². The molecule has 0 aromatic heterocycles. The normalized spacial score (nSPS) is 13.1. The number of carbonyl (C=O) groups is 2. The summed E-state index contributed by atoms with van der Waals surface area (Å²) < 4.78 is 20.2. The number of hydrogen-bond acceptors (Lipinski definition) is 6. The topological polar surface area (TPSA) is 71.1 Å². The Labute approximate surface area is 126 Å². The lowest BCUT2D eigenvalue weighted by Crippen LogP contribution is -1.92. The molecular formula is C16H12O6. The van der Waals surface area contributed by atoms with Gasteiger partial charge in [0.25, 0.3) is 0 Å². The van der Waals surface area contributed by atoms with Crippen molar-refractivity contribution in [1.29, 1.82) is 0 Å². The highest BCUT2D eigenvalue weighted by molar-refractivity contribution is 5.77. The Morgan fingerprint density at radius 1 is 0.636 bits per heavy atom. The average Bonchev–Trinajstić information content (AvgIpc) is 3.22. The van der Waals surface area contributed by atoms with E-state index in [1.165, 1.54) is 0 Å². The molecule has 4 rings (SSSR count). The van der Waals surface area contributed by atoms with Gasteiger partial charge < -0.3 is 18.9 Å². The fourth-order valence-electron chi connectivity index (χ4n) is 1.97. The van der Waals surface area contributed by atoms with Gasteiger partial charge in [-0.3, -0.25) is 9.59 Å². The maximum absolute atomic E-state index is 10.3. The summed E-state index contributed by atoms with van der Waals surface area (Å²) >= 11 is 0. The second-order valence-electron chi connectivity index (χ2n) is 4.46. The molecule has 0 bridgehead atoms. The molecule has 0 saturated carbocycles. The van der Waals surface area contributed by atoms with Gasteiger partial charge in [0, 0.05) is 11.1 Å². The quantitative estimate of drug-likeness (QED) is 0.793. The molecule has 6 heteroatoms. The molecule has 2 aromatic carbocycles. The zero-order valence-electron chi connectivity index (χ0n) is 11.5. The number of hydrogen-bond donors (Lipinski definition) is 0. The average molecular weight is 300 g/mol. The summed E-state index contributed by atoms with van der Waals surface area (Å²) in [5, 5.41) is 0. The summed E-state index contributed by atoms with van der Waals surface area (Å²) in [6, 6.07) is 10.2. The van der Waals surface area contributed by atoms with E-state index in [4.69, 9.17) is 18.9 Å². The van der Waals surface area contributed by atoms with Gasteiger partial charge in [-0.2, -0.15) is 0 Å². The highest BCUT2D eigenvalue weighted by atomic mass is 16.7. The SMILES string of the molecule is O=Cc1ccc2c(c1)OCO2.O=Cc1ccc2c(c1)OCO2. The van der Waals surface area contributed by atoms with Crippen molar-refractivity contribution in [2.75, 3.05) is 13.6 Å². The van der Waals surface area contributed by atoms with Gasteiger partial charge in [-0.05, 0) is 36.4 Å². The minimum absolute atomic E-state index is 0.248. The molecule has 112 valence electrons. The Balaban J connectivity index is 0.000000131. The van der Waals surface area contributed by atoms with Gasteiger partial charge in [0.15, 0.2) is 23.0 Å². The van der Waals surface area contributed by atoms with Gasteiger partial charge >= 0.3 is 0 Å². The molecule has 2 aliphatic heterocycles. The second kappa shape index (κ2) is 6.17. The minimum Gasteiger partial charge on any atom is -0.454 e. The monoisotopic (exact) mass is 300 g/mol. The lowest BCUT2D eigenvalue weighted by Gasteiger charge is -1.94. The van der Waals surface area contributed by atoms with Crippen LogP contribution in [-0.2, 0) is 0 Å². The largest absolute Gasteiger partial charge is 0.454 e. The zero-order valence-corrected chi connectivity index (χ0v) is 11.5. The summed E-state index contributed by atoms with van der Waals surface area (Å²) in [6.07, 6.45) is 1.56. The van der Waals surface area contributed by atoms with E-state index in [0.29, 0.717) is 34.1 Å². The number of ether oxygens (including phenoxy) is 4. The molecule has 0 saturated heterocycles. The Bertz CT molecular complexity index is 648. The highest BCUT2D eigenvalue weighted by Gasteiger charge is 2.13. The molecule has 22 heavy (non-hydrogen) atoms. The lowest BCUT2D eigenvalue weighted by atomic mass is 10.2. The molecule has 0 atom stereocenters. The molecule has 6 nitrogen and oxygen atoms in total. The third kappa shape index (κ3) is 2.85. The van der Waals surface area contributed by atoms with E-state index in [0.717, 1.165) is 12.6 Å². The smallest absolute Gasteiger partial charge is 0.231 e. The van der Waals surface area contributed by atoms with E-state index in [1.807, 2.05) is 0 Å². The predicted octanol–water partition coefficient (Wildman–Crippen LogP) is 2.46. The first-order valence-corrected chi connectivity index (χ1v) is 6.50. The van der Waals surface area contributed by atoms with Crippen LogP contribution in [0.25, 0.3) is 0 Å². The van der Waals surface area contributed by atoms with Crippen molar-refractivity contribution < 1.29 is 28.5 Å². The number of aldehydes is 2. The molecular weight excluding hydrogens is 288 g/mol. The number of benzene rings is 2. The van der Waals surface area contributed by atoms with Crippen LogP contribution in [0.3, 0.4) is 0 Å². The standard InChI is InChI=1S/2C8H6O3/c2*9-4-6-1-2-7-8(3-6)11-5-10-7/h2*1-4H,5H2. The molecule has 2 heterocycles. The maximum atomic E-state index is 10.3. The summed E-state index contributed by atoms with van der Waals surface area (Å²) in [7, 11) is 0. The molecule has 0 N–H and O–H groups in total. The number of carbonyl (C=O) groups excluding carboxylic acids is 2. The van der Waals surface area contributed by atoms with Crippen LogP contribution in [0.2, 0.25) is 0 Å². The van der Waals surface area contributed by atoms with E-state index in [9.17, 15) is 9.59 Å². The van der Waals surface area contributed by atoms with Gasteiger partial charge in [0.2, 0.25) is 13.6 Å². The van der Waals surface area contributed by atoms with Crippen LogP contribution < -0.4 is 18.9 Å². The maximum Gasteiger partial charge on any atom is 0.231 e. The number of rotatable bonds is 2. The molecule has 0 unspecified atom stereocenters. The summed E-state index contributed by atoms with van der Waals surface area (Å²) in [6.45, 7) is 0.495. The summed E-state index contributed by atoms with van der Waals surface area (Å²) in [5.41, 5.74) is 1.21. The van der Waals surface area contributed by atoms with Crippen LogP contribution in [-0.4, -0.2) is 26.2 Å². The van der Waals surface area contributed by atoms with Gasteiger partial charge in [0.05, 0.1) is 0 Å². The predicted molar refractivity (Wildman–Crippen MR) is 75.9 cm³/mol. The Morgan fingerprint density at radius 3 is 1.45 bits per heavy atom. The molecule has 0 fully saturated rings. The van der Waals surface area contributed by atoms with Crippen molar-refractivity contribution in [2.45, 2.75) is 0 Å². The van der Waals surface area contributed by atoms with Crippen molar-refractivity contribution in [1.82, 2.24) is 0 Å². The first-order valence-electron chi connectivity index (χ1n) is 6.50. The van der Waals surface area contributed by atoms with Crippen LogP contribution in [0.5, 0.6) is 23.0 Å². The van der Waals surface area contributed by atoms with Crippen molar-refractivity contribution in [2.24, 2.45) is 0 Å². The van der Waals surface area contributed by atoms with E-state index >= 15 is 0 Å². The Morgan fingerprint density at radius 2 is 1.05 bits per heavy atom. The lowest BCUT2D eigenvalue weighted by molar-refractivity contribution is 0.111. The Kier molecular flexibility index (Phi) is 3.91. The first kappa shape index (κ1) is 13.9. The van der Waals surface area contributed by atoms with E-state index in [1.54, 1.807) is 36.4 Å². The van der Waals surface area contributed by atoms with E-state index < -0.39 is 0 Å². The molecule has 0 radical (unpaired) electrons. The van der Waals surface area contributed by atoms with E-state index in [2.05, 4.69) is 0 Å². The van der Waals surface area contributed by atoms with Crippen molar-refractivity contribution in [3.05, 3.63) is 47.5 Å². The first-order chi connectivity index (χ1) is 10.8. The summed E-state index contributed by atoms with van der Waals surface area (Å²) in [4.78, 5) is 20.6. The molecule has 2 aromatic rings. The van der Waals surface area contributed by atoms with Crippen molar-refractivity contribution in [3.8, 4) is 23.0 Å². The van der Waals surface area contributed by atoms with Crippen LogP contribution in [0.15, 0.2) is 36.4 Å². The molecule has 0 aliphatic carbocycles. The molecule has 0 amide bonds.